The van der Waals surface area contributed by atoms with Gasteiger partial charge in [-0.3, -0.25) is 0 Å². The van der Waals surface area contributed by atoms with Crippen LogP contribution in [0, 0.1) is 0 Å². The van der Waals surface area contributed by atoms with Gasteiger partial charge in [0.05, 0.1) is 6.26 Å². The van der Waals surface area contributed by atoms with Gasteiger partial charge in [-0.15, -0.1) is 0 Å². The third kappa shape index (κ3) is 4.72. The summed E-state index contributed by atoms with van der Waals surface area (Å²) >= 11 is 0. The van der Waals surface area contributed by atoms with Gasteiger partial charge < -0.3 is 13.8 Å². The first-order valence-corrected chi connectivity index (χ1v) is 19.0. The molecule has 0 amide bonds. The summed E-state index contributed by atoms with van der Waals surface area (Å²) in [6.45, 7) is 27.8. The summed E-state index contributed by atoms with van der Waals surface area (Å²) < 4.78 is 9.22. The number of furan rings is 1. The monoisotopic (exact) mass is 682 g/mol. The first-order valence-electron chi connectivity index (χ1n) is 19.0. The summed E-state index contributed by atoms with van der Waals surface area (Å²) in [5.41, 5.74) is 17.8. The van der Waals surface area contributed by atoms with Crippen LogP contribution in [0.15, 0.2) is 95.6 Å². The third-order valence-electron chi connectivity index (χ3n) is 11.9. The second-order valence-electron chi connectivity index (χ2n) is 19.6. The van der Waals surface area contributed by atoms with Gasteiger partial charge >= 0.3 is 6.85 Å². The lowest BCUT2D eigenvalue weighted by atomic mass is 9.44. The van der Waals surface area contributed by atoms with Gasteiger partial charge in [-0.2, -0.15) is 0 Å². The Morgan fingerprint density at radius 2 is 1.13 bits per heavy atom. The molecule has 0 radical (unpaired) electrons. The molecule has 7 aromatic rings. The van der Waals surface area contributed by atoms with Gasteiger partial charge in [0.25, 0.3) is 0 Å². The largest absolute Gasteiger partial charge is 0.464 e. The molecule has 0 saturated heterocycles. The van der Waals surface area contributed by atoms with E-state index in [4.69, 9.17) is 4.42 Å². The summed E-state index contributed by atoms with van der Waals surface area (Å²) in [6, 6.07) is 33.2. The van der Waals surface area contributed by atoms with Crippen molar-refractivity contribution < 1.29 is 4.42 Å². The molecule has 4 heterocycles. The molecule has 0 bridgehead atoms. The zero-order valence-electron chi connectivity index (χ0n) is 33.0. The molecular weight excluding hydrogens is 631 g/mol. The van der Waals surface area contributed by atoms with E-state index in [0.717, 1.165) is 11.0 Å². The van der Waals surface area contributed by atoms with E-state index in [1.165, 1.54) is 83.2 Å². The fourth-order valence-electron chi connectivity index (χ4n) is 8.77. The number of aromatic nitrogens is 1. The highest BCUT2D eigenvalue weighted by Crippen LogP contribution is 2.49. The molecule has 2 aliphatic rings. The molecule has 0 fully saturated rings. The highest BCUT2D eigenvalue weighted by molar-refractivity contribution is 6.90. The Labute approximate surface area is 309 Å². The molecule has 0 aliphatic carbocycles. The first kappa shape index (κ1) is 33.2. The number of benzene rings is 5. The highest BCUT2D eigenvalue weighted by atomic mass is 16.3. The summed E-state index contributed by atoms with van der Waals surface area (Å²) in [7, 11) is 0. The second-order valence-corrected chi connectivity index (χ2v) is 19.6. The van der Waals surface area contributed by atoms with Gasteiger partial charge in [0, 0.05) is 55.4 Å². The number of rotatable bonds is 1. The van der Waals surface area contributed by atoms with Crippen LogP contribution in [0.1, 0.15) is 105 Å². The van der Waals surface area contributed by atoms with Crippen molar-refractivity contribution in [3.05, 3.63) is 113 Å². The van der Waals surface area contributed by atoms with Crippen molar-refractivity contribution in [2.75, 3.05) is 4.90 Å². The summed E-state index contributed by atoms with van der Waals surface area (Å²) in [5, 5.41) is 3.79. The molecule has 52 heavy (non-hydrogen) atoms. The number of hydrogen-bond donors (Lipinski definition) is 0. The minimum Gasteiger partial charge on any atom is -0.464 e. The van der Waals surface area contributed by atoms with Gasteiger partial charge in [0.1, 0.15) is 5.58 Å². The van der Waals surface area contributed by atoms with Gasteiger partial charge in [0.15, 0.2) is 0 Å². The van der Waals surface area contributed by atoms with Crippen LogP contribution in [0.3, 0.4) is 0 Å². The molecular formula is C48H51BN2O. The van der Waals surface area contributed by atoms with E-state index in [0.29, 0.717) is 0 Å². The van der Waals surface area contributed by atoms with Crippen LogP contribution in [0.2, 0.25) is 0 Å². The Balaban J connectivity index is 1.47. The predicted octanol–water partition coefficient (Wildman–Crippen LogP) is 12.1. The Morgan fingerprint density at radius 1 is 0.538 bits per heavy atom. The minimum atomic E-state index is -0.0379. The molecule has 3 nitrogen and oxygen atoms in total. The second kappa shape index (κ2) is 10.5. The van der Waals surface area contributed by atoms with Crippen molar-refractivity contribution in [1.82, 2.24) is 4.48 Å². The quantitative estimate of drug-likeness (QED) is 0.161. The number of anilines is 3. The molecule has 9 rings (SSSR count). The van der Waals surface area contributed by atoms with E-state index in [2.05, 4.69) is 177 Å². The third-order valence-corrected chi connectivity index (χ3v) is 11.9. The van der Waals surface area contributed by atoms with E-state index in [9.17, 15) is 0 Å². The van der Waals surface area contributed by atoms with Gasteiger partial charge in [-0.25, -0.2) is 0 Å². The van der Waals surface area contributed by atoms with Crippen molar-refractivity contribution in [2.45, 2.75) is 105 Å². The molecule has 0 atom stereocenters. The van der Waals surface area contributed by atoms with E-state index in [-0.39, 0.29) is 28.5 Å². The SMILES string of the molecule is CC(C)(C)c1ccc(N2c3ccc(C(C)(C)C)cc3B3c4c2cc2ccoc2c4-c2cc(C(C)(C)C)cc4c5cc(C(C)(C)C)ccc5n3c24)cc1. The number of nitrogens with zero attached hydrogens (tertiary/aromatic N) is 2. The van der Waals surface area contributed by atoms with Crippen molar-refractivity contribution in [2.24, 2.45) is 0 Å². The van der Waals surface area contributed by atoms with Gasteiger partial charge in [-0.1, -0.05) is 113 Å². The van der Waals surface area contributed by atoms with Crippen LogP contribution < -0.4 is 15.8 Å². The van der Waals surface area contributed by atoms with E-state index < -0.39 is 0 Å². The topological polar surface area (TPSA) is 21.3 Å². The maximum Gasteiger partial charge on any atom is 0.333 e. The molecule has 262 valence electrons. The first-order chi connectivity index (χ1) is 24.3. The average Bonchev–Trinajstić information content (AvgIpc) is 3.67. The Morgan fingerprint density at radius 3 is 1.79 bits per heavy atom. The zero-order valence-corrected chi connectivity index (χ0v) is 33.0. The lowest BCUT2D eigenvalue weighted by molar-refractivity contribution is 0.590. The Bertz CT molecular complexity index is 2610. The summed E-state index contributed by atoms with van der Waals surface area (Å²) in [5.74, 6) is 0. The zero-order chi connectivity index (χ0) is 36.9. The summed E-state index contributed by atoms with van der Waals surface area (Å²) in [4.78, 5) is 2.52. The van der Waals surface area contributed by atoms with Gasteiger partial charge in [-0.05, 0) is 109 Å². The molecule has 4 heteroatoms. The van der Waals surface area contributed by atoms with Crippen LogP contribution in [-0.2, 0) is 21.7 Å². The molecule has 2 aromatic heterocycles. The Kier molecular flexibility index (Phi) is 6.67. The molecule has 5 aromatic carbocycles. The number of fused-ring (bicyclic) bond motifs is 9. The van der Waals surface area contributed by atoms with Crippen LogP contribution in [0.4, 0.5) is 17.1 Å². The van der Waals surface area contributed by atoms with Crippen molar-refractivity contribution in [3.8, 4) is 11.1 Å². The highest BCUT2D eigenvalue weighted by Gasteiger charge is 2.45. The predicted molar refractivity (Wildman–Crippen MR) is 225 cm³/mol. The summed E-state index contributed by atoms with van der Waals surface area (Å²) in [6.07, 6.45) is 1.87. The maximum absolute atomic E-state index is 6.53. The lowest BCUT2D eigenvalue weighted by Gasteiger charge is -2.41. The van der Waals surface area contributed by atoms with Crippen molar-refractivity contribution in [1.29, 1.82) is 0 Å². The molecule has 0 saturated carbocycles. The fourth-order valence-corrected chi connectivity index (χ4v) is 8.77. The number of hydrogen-bond acceptors (Lipinski definition) is 2. The smallest absolute Gasteiger partial charge is 0.333 e. The van der Waals surface area contributed by atoms with Crippen molar-refractivity contribution in [3.63, 3.8) is 0 Å². The van der Waals surface area contributed by atoms with E-state index in [1.54, 1.807) is 0 Å². The van der Waals surface area contributed by atoms with E-state index in [1.807, 2.05) is 6.26 Å². The van der Waals surface area contributed by atoms with Gasteiger partial charge in [0.2, 0.25) is 0 Å². The van der Waals surface area contributed by atoms with E-state index >= 15 is 0 Å². The Hall–Kier alpha value is -4.70. The van der Waals surface area contributed by atoms with Crippen molar-refractivity contribution >= 4 is 67.6 Å². The molecule has 0 spiro atoms. The lowest BCUT2D eigenvalue weighted by Crippen LogP contribution is -2.57. The molecule has 0 unspecified atom stereocenters. The molecule has 0 N–H and O–H groups in total. The normalized spacial score (nSPS) is 14.5. The van der Waals surface area contributed by atoms with Crippen LogP contribution in [0.25, 0.3) is 43.9 Å². The fraction of sp³-hybridized carbons (Fsp3) is 0.333. The standard InChI is InChI=1S/C48H51BN2O/c1-45(2,3)29-13-17-33(18-14-29)50-39-20-16-31(47(7,8)9)27-37(39)49-42-40(50)23-28-21-22-52-44(28)41(42)36-26-32(48(10,11)12)25-35-34-24-30(46(4,5)6)15-19-38(34)51(49)43(35)36/h13-27H,1-12H3. The average molecular weight is 683 g/mol. The van der Waals surface area contributed by atoms with Crippen LogP contribution in [-0.4, -0.2) is 11.3 Å². The van der Waals surface area contributed by atoms with Crippen LogP contribution in [0.5, 0.6) is 0 Å². The minimum absolute atomic E-state index is 0.00778. The maximum atomic E-state index is 6.53. The molecule has 2 aliphatic heterocycles. The van der Waals surface area contributed by atoms with Crippen LogP contribution >= 0.6 is 0 Å².